The molecule has 2 aromatic heterocycles. The average Bonchev–Trinajstić information content (AvgIpc) is 3.02. The predicted octanol–water partition coefficient (Wildman–Crippen LogP) is 1.81. The molecule has 8 heteroatoms. The lowest BCUT2D eigenvalue weighted by molar-refractivity contribution is 0.144. The SMILES string of the molecule is COc1ccc2nc(-n3cc(OC(=O)O)cn3)[nH]c2c1. The standard InChI is InChI=1S/C12H10N4O4/c1-19-7-2-3-9-10(4-7)15-11(14-9)16-6-8(5-13-16)20-12(17)18/h2-6H,1H3,(H,14,15)(H,17,18). The van der Waals surface area contributed by atoms with E-state index in [1.165, 1.54) is 17.1 Å². The van der Waals surface area contributed by atoms with Crippen LogP contribution in [0.15, 0.2) is 30.6 Å². The molecule has 0 radical (unpaired) electrons. The molecule has 102 valence electrons. The van der Waals surface area contributed by atoms with Crippen molar-refractivity contribution in [2.45, 2.75) is 0 Å². The average molecular weight is 274 g/mol. The van der Waals surface area contributed by atoms with E-state index in [-0.39, 0.29) is 5.75 Å². The highest BCUT2D eigenvalue weighted by molar-refractivity contribution is 5.77. The molecule has 2 N–H and O–H groups in total. The summed E-state index contributed by atoms with van der Waals surface area (Å²) in [7, 11) is 1.58. The molecule has 3 rings (SSSR count). The fourth-order valence-corrected chi connectivity index (χ4v) is 1.79. The van der Waals surface area contributed by atoms with Gasteiger partial charge in [-0.1, -0.05) is 0 Å². The molecular weight excluding hydrogens is 264 g/mol. The van der Waals surface area contributed by atoms with Crippen LogP contribution in [0.25, 0.3) is 17.0 Å². The van der Waals surface area contributed by atoms with Gasteiger partial charge in [0.25, 0.3) is 0 Å². The van der Waals surface area contributed by atoms with E-state index in [2.05, 4.69) is 19.8 Å². The van der Waals surface area contributed by atoms with Gasteiger partial charge in [0, 0.05) is 6.07 Å². The summed E-state index contributed by atoms with van der Waals surface area (Å²) in [5.41, 5.74) is 1.53. The molecule has 3 aromatic rings. The van der Waals surface area contributed by atoms with E-state index < -0.39 is 6.16 Å². The molecule has 0 aliphatic rings. The van der Waals surface area contributed by atoms with Crippen molar-refractivity contribution in [3.8, 4) is 17.4 Å². The number of rotatable bonds is 3. The summed E-state index contributed by atoms with van der Waals surface area (Å²) in [6.45, 7) is 0. The summed E-state index contributed by atoms with van der Waals surface area (Å²) in [5, 5.41) is 12.5. The minimum absolute atomic E-state index is 0.121. The van der Waals surface area contributed by atoms with Gasteiger partial charge in [-0.3, -0.25) is 0 Å². The largest absolute Gasteiger partial charge is 0.511 e. The summed E-state index contributed by atoms with van der Waals surface area (Å²) in [6.07, 6.45) is 1.32. The molecule has 0 saturated heterocycles. The van der Waals surface area contributed by atoms with Crippen LogP contribution in [-0.4, -0.2) is 38.1 Å². The molecule has 1 aromatic carbocycles. The maximum absolute atomic E-state index is 10.4. The van der Waals surface area contributed by atoms with E-state index in [4.69, 9.17) is 9.84 Å². The summed E-state index contributed by atoms with van der Waals surface area (Å²) in [5.74, 6) is 1.28. The number of methoxy groups -OCH3 is 1. The second-order valence-corrected chi connectivity index (χ2v) is 3.93. The zero-order valence-electron chi connectivity index (χ0n) is 10.4. The van der Waals surface area contributed by atoms with Crippen LogP contribution >= 0.6 is 0 Å². The number of imidazole rings is 1. The van der Waals surface area contributed by atoms with E-state index in [9.17, 15) is 4.79 Å². The number of carboxylic acid groups (broad SMARTS) is 1. The first kappa shape index (κ1) is 12.0. The molecule has 0 aliphatic heterocycles. The number of aromatic nitrogens is 4. The Balaban J connectivity index is 1.97. The highest BCUT2D eigenvalue weighted by Crippen LogP contribution is 2.20. The van der Waals surface area contributed by atoms with Crippen molar-refractivity contribution in [2.24, 2.45) is 0 Å². The molecule has 0 saturated carbocycles. The third kappa shape index (κ3) is 2.14. The normalized spacial score (nSPS) is 10.7. The smallest absolute Gasteiger partial charge is 0.497 e. The van der Waals surface area contributed by atoms with Gasteiger partial charge in [0.05, 0.1) is 30.5 Å². The van der Waals surface area contributed by atoms with Crippen molar-refractivity contribution >= 4 is 17.2 Å². The molecule has 20 heavy (non-hydrogen) atoms. The highest BCUT2D eigenvalue weighted by atomic mass is 16.7. The van der Waals surface area contributed by atoms with Gasteiger partial charge in [0.2, 0.25) is 5.95 Å². The van der Waals surface area contributed by atoms with Crippen molar-refractivity contribution in [1.82, 2.24) is 19.7 Å². The van der Waals surface area contributed by atoms with Crippen molar-refractivity contribution < 1.29 is 19.4 Å². The molecule has 0 aliphatic carbocycles. The zero-order valence-corrected chi connectivity index (χ0v) is 10.4. The van der Waals surface area contributed by atoms with Crippen LogP contribution in [0.5, 0.6) is 11.5 Å². The first-order chi connectivity index (χ1) is 9.65. The number of nitrogens with zero attached hydrogens (tertiary/aromatic N) is 3. The minimum atomic E-state index is -1.39. The summed E-state index contributed by atoms with van der Waals surface area (Å²) in [4.78, 5) is 17.8. The molecule has 0 amide bonds. The lowest BCUT2D eigenvalue weighted by atomic mass is 10.3. The number of benzene rings is 1. The molecule has 8 nitrogen and oxygen atoms in total. The maximum Gasteiger partial charge on any atom is 0.511 e. The Kier molecular flexibility index (Phi) is 2.75. The predicted molar refractivity (Wildman–Crippen MR) is 68.4 cm³/mol. The third-order valence-electron chi connectivity index (χ3n) is 2.66. The molecular formula is C12H10N4O4. The highest BCUT2D eigenvalue weighted by Gasteiger charge is 2.09. The van der Waals surface area contributed by atoms with Crippen LogP contribution < -0.4 is 9.47 Å². The lowest BCUT2D eigenvalue weighted by Crippen LogP contribution is -2.02. The zero-order chi connectivity index (χ0) is 14.1. The number of fused-ring (bicyclic) bond motifs is 1. The van der Waals surface area contributed by atoms with Gasteiger partial charge in [-0.25, -0.2) is 14.5 Å². The number of H-pyrrole nitrogens is 1. The number of nitrogens with one attached hydrogen (secondary N) is 1. The van der Waals surface area contributed by atoms with Crippen LogP contribution in [0.4, 0.5) is 4.79 Å². The van der Waals surface area contributed by atoms with Gasteiger partial charge >= 0.3 is 6.16 Å². The minimum Gasteiger partial charge on any atom is -0.497 e. The number of hydrogen-bond donors (Lipinski definition) is 2. The van der Waals surface area contributed by atoms with Gasteiger partial charge in [0.1, 0.15) is 5.75 Å². The van der Waals surface area contributed by atoms with E-state index >= 15 is 0 Å². The van der Waals surface area contributed by atoms with Gasteiger partial charge < -0.3 is 19.6 Å². The molecule has 0 atom stereocenters. The molecule has 0 unspecified atom stereocenters. The summed E-state index contributed by atoms with van der Waals surface area (Å²) < 4.78 is 11.0. The fourth-order valence-electron chi connectivity index (χ4n) is 1.79. The Morgan fingerprint density at radius 2 is 2.25 bits per heavy atom. The second kappa shape index (κ2) is 4.57. The van der Waals surface area contributed by atoms with Gasteiger partial charge in [-0.05, 0) is 12.1 Å². The first-order valence-electron chi connectivity index (χ1n) is 5.65. The van der Waals surface area contributed by atoms with Crippen molar-refractivity contribution in [1.29, 1.82) is 0 Å². The van der Waals surface area contributed by atoms with Gasteiger partial charge in [-0.2, -0.15) is 5.10 Å². The van der Waals surface area contributed by atoms with Crippen LogP contribution in [-0.2, 0) is 0 Å². The number of aromatic amines is 1. The Hall–Kier alpha value is -3.03. The van der Waals surface area contributed by atoms with Crippen molar-refractivity contribution in [2.75, 3.05) is 7.11 Å². The van der Waals surface area contributed by atoms with E-state index in [0.29, 0.717) is 11.7 Å². The van der Waals surface area contributed by atoms with Crippen LogP contribution in [0.1, 0.15) is 0 Å². The number of ether oxygens (including phenoxy) is 2. The second-order valence-electron chi connectivity index (χ2n) is 3.93. The Morgan fingerprint density at radius 3 is 3.00 bits per heavy atom. The van der Waals surface area contributed by atoms with Crippen LogP contribution in [0.2, 0.25) is 0 Å². The maximum atomic E-state index is 10.4. The van der Waals surface area contributed by atoms with E-state index in [1.54, 1.807) is 13.2 Å². The summed E-state index contributed by atoms with van der Waals surface area (Å²) >= 11 is 0. The van der Waals surface area contributed by atoms with Crippen LogP contribution in [0.3, 0.4) is 0 Å². The Morgan fingerprint density at radius 1 is 1.40 bits per heavy atom. The Labute approximate surface area is 112 Å². The number of carbonyl (C=O) groups is 1. The number of hydrogen-bond acceptors (Lipinski definition) is 5. The lowest BCUT2D eigenvalue weighted by Gasteiger charge is -1.96. The quantitative estimate of drug-likeness (QED) is 0.706. The van der Waals surface area contributed by atoms with Gasteiger partial charge in [0.15, 0.2) is 5.75 Å². The topological polar surface area (TPSA) is 102 Å². The van der Waals surface area contributed by atoms with Gasteiger partial charge in [-0.15, -0.1) is 0 Å². The molecule has 0 spiro atoms. The monoisotopic (exact) mass is 274 g/mol. The molecule has 2 heterocycles. The third-order valence-corrected chi connectivity index (χ3v) is 2.66. The van der Waals surface area contributed by atoms with E-state index in [1.807, 2.05) is 12.1 Å². The fraction of sp³-hybridized carbons (Fsp3) is 0.0833. The Bertz CT molecular complexity index is 777. The molecule has 0 fully saturated rings. The first-order valence-corrected chi connectivity index (χ1v) is 5.65. The molecule has 0 bridgehead atoms. The van der Waals surface area contributed by atoms with Crippen molar-refractivity contribution in [3.63, 3.8) is 0 Å². The van der Waals surface area contributed by atoms with Crippen LogP contribution in [0, 0.1) is 0 Å². The van der Waals surface area contributed by atoms with Crippen molar-refractivity contribution in [3.05, 3.63) is 30.6 Å². The summed E-state index contributed by atoms with van der Waals surface area (Å²) in [6, 6.07) is 5.42. The van der Waals surface area contributed by atoms with E-state index in [0.717, 1.165) is 11.0 Å².